The molecule has 1 aromatic carbocycles. The molecule has 0 spiro atoms. The molecule has 1 saturated carbocycles. The van der Waals surface area contributed by atoms with Crippen LogP contribution in [-0.2, 0) is 5.54 Å². The first-order valence-corrected chi connectivity index (χ1v) is 14.8. The first-order valence-electron chi connectivity index (χ1n) is 14.8. The van der Waals surface area contributed by atoms with Gasteiger partial charge in [-0.1, -0.05) is 27.7 Å². The molecule has 1 atom stereocenters. The van der Waals surface area contributed by atoms with Crippen LogP contribution in [0.5, 0.6) is 5.75 Å². The lowest BCUT2D eigenvalue weighted by atomic mass is 9.74. The van der Waals surface area contributed by atoms with Gasteiger partial charge < -0.3 is 24.4 Å². The number of benzene rings is 1. The Labute approximate surface area is 240 Å². The summed E-state index contributed by atoms with van der Waals surface area (Å²) in [5.74, 6) is 2.86. The van der Waals surface area contributed by atoms with Gasteiger partial charge in [0.2, 0.25) is 5.95 Å². The summed E-state index contributed by atoms with van der Waals surface area (Å²) in [4.78, 5) is 26.6. The highest BCUT2D eigenvalue weighted by atomic mass is 16.5. The Morgan fingerprint density at radius 1 is 1.15 bits per heavy atom. The van der Waals surface area contributed by atoms with Gasteiger partial charge in [0.25, 0.3) is 5.91 Å². The molecule has 0 aliphatic heterocycles. The number of fused-ring (bicyclic) bond motifs is 1. The molecular weight excluding hydrogens is 500 g/mol. The summed E-state index contributed by atoms with van der Waals surface area (Å²) < 4.78 is 8.30. The summed E-state index contributed by atoms with van der Waals surface area (Å²) in [6, 6.07) is 8.02. The molecule has 0 saturated heterocycles. The minimum Gasteiger partial charge on any atom is -0.492 e. The Balaban J connectivity index is 1.46. The van der Waals surface area contributed by atoms with E-state index in [9.17, 15) is 4.79 Å². The average Bonchev–Trinajstić information content (AvgIpc) is 3.26. The van der Waals surface area contributed by atoms with Gasteiger partial charge in [-0.3, -0.25) is 4.79 Å². The summed E-state index contributed by atoms with van der Waals surface area (Å²) in [5, 5.41) is 4.26. The number of rotatable bonds is 13. The maximum atomic E-state index is 13.1. The zero-order valence-corrected chi connectivity index (χ0v) is 25.8. The third-order valence-electron chi connectivity index (χ3n) is 8.85. The normalized spacial score (nSPS) is 15.3. The Bertz CT molecular complexity index is 1300. The number of ether oxygens (including phenoxy) is 1. The lowest BCUT2D eigenvalue weighted by molar-refractivity contribution is 0.0780. The van der Waals surface area contributed by atoms with E-state index >= 15 is 0 Å². The van der Waals surface area contributed by atoms with Crippen molar-refractivity contribution in [3.63, 3.8) is 0 Å². The summed E-state index contributed by atoms with van der Waals surface area (Å²) in [7, 11) is 5.76. The van der Waals surface area contributed by atoms with E-state index in [1.165, 1.54) is 12.8 Å². The lowest BCUT2D eigenvalue weighted by Crippen LogP contribution is -2.42. The van der Waals surface area contributed by atoms with E-state index in [0.29, 0.717) is 18.2 Å². The molecule has 8 heteroatoms. The molecular formula is C32H48N6O2. The highest BCUT2D eigenvalue weighted by molar-refractivity contribution is 5.98. The SMILES string of the molecule is CCC1(n2c(C(=O)N(C)C)cc3cnc(Nc4ccc(OCCN(C)CCC(C)C(C)C)c(C)c4)nc32)CCC1. The van der Waals surface area contributed by atoms with E-state index in [0.717, 1.165) is 72.2 Å². The predicted molar refractivity (Wildman–Crippen MR) is 164 cm³/mol. The first-order chi connectivity index (χ1) is 19.0. The van der Waals surface area contributed by atoms with Crippen molar-refractivity contribution in [3.05, 3.63) is 41.7 Å². The van der Waals surface area contributed by atoms with Crippen molar-refractivity contribution in [2.45, 2.75) is 72.3 Å². The molecule has 1 aliphatic carbocycles. The van der Waals surface area contributed by atoms with Crippen LogP contribution in [0.3, 0.4) is 0 Å². The van der Waals surface area contributed by atoms with Gasteiger partial charge in [-0.05, 0) is 94.3 Å². The molecule has 40 heavy (non-hydrogen) atoms. The molecule has 0 bridgehead atoms. The number of carbonyl (C=O) groups excluding carboxylic acids is 1. The summed E-state index contributed by atoms with van der Waals surface area (Å²) in [6.07, 6.45) is 7.27. The van der Waals surface area contributed by atoms with Crippen molar-refractivity contribution in [2.75, 3.05) is 46.2 Å². The summed E-state index contributed by atoms with van der Waals surface area (Å²) in [6.45, 7) is 13.8. The molecule has 1 amide bonds. The topological polar surface area (TPSA) is 75.5 Å². The second-order valence-electron chi connectivity index (χ2n) is 12.2. The van der Waals surface area contributed by atoms with Crippen LogP contribution in [-0.4, -0.2) is 71.1 Å². The molecule has 0 radical (unpaired) electrons. The fourth-order valence-corrected chi connectivity index (χ4v) is 5.43. The Hall–Kier alpha value is -3.13. The first kappa shape index (κ1) is 29.8. The van der Waals surface area contributed by atoms with Gasteiger partial charge in [-0.25, -0.2) is 4.98 Å². The smallest absolute Gasteiger partial charge is 0.270 e. The quantitative estimate of drug-likeness (QED) is 0.264. The van der Waals surface area contributed by atoms with Crippen LogP contribution in [0.15, 0.2) is 30.5 Å². The van der Waals surface area contributed by atoms with E-state index in [-0.39, 0.29) is 11.4 Å². The number of carbonyl (C=O) groups is 1. The van der Waals surface area contributed by atoms with E-state index in [1.54, 1.807) is 19.0 Å². The van der Waals surface area contributed by atoms with Crippen molar-refractivity contribution in [3.8, 4) is 5.75 Å². The molecule has 2 heterocycles. The maximum absolute atomic E-state index is 13.1. The number of anilines is 2. The van der Waals surface area contributed by atoms with Crippen LogP contribution in [0.2, 0.25) is 0 Å². The van der Waals surface area contributed by atoms with Gasteiger partial charge in [0.15, 0.2) is 0 Å². The summed E-state index contributed by atoms with van der Waals surface area (Å²) in [5.41, 5.74) is 3.40. The van der Waals surface area contributed by atoms with Crippen LogP contribution in [0.4, 0.5) is 11.6 Å². The molecule has 8 nitrogen and oxygen atoms in total. The molecule has 2 aromatic heterocycles. The molecule has 1 fully saturated rings. The predicted octanol–water partition coefficient (Wildman–Crippen LogP) is 6.47. The Morgan fingerprint density at radius 2 is 1.90 bits per heavy atom. The van der Waals surface area contributed by atoms with Gasteiger partial charge >= 0.3 is 0 Å². The van der Waals surface area contributed by atoms with Gasteiger partial charge in [0.1, 0.15) is 23.7 Å². The summed E-state index contributed by atoms with van der Waals surface area (Å²) >= 11 is 0. The van der Waals surface area contributed by atoms with Crippen molar-refractivity contribution < 1.29 is 9.53 Å². The fourth-order valence-electron chi connectivity index (χ4n) is 5.43. The van der Waals surface area contributed by atoms with E-state index in [4.69, 9.17) is 9.72 Å². The molecule has 1 unspecified atom stereocenters. The Morgan fingerprint density at radius 3 is 2.50 bits per heavy atom. The minimum absolute atomic E-state index is 0.00485. The molecule has 3 aromatic rings. The minimum atomic E-state index is -0.0648. The zero-order valence-electron chi connectivity index (χ0n) is 25.8. The largest absolute Gasteiger partial charge is 0.492 e. The monoisotopic (exact) mass is 548 g/mol. The van der Waals surface area contributed by atoms with Crippen molar-refractivity contribution in [1.29, 1.82) is 0 Å². The number of nitrogens with zero attached hydrogens (tertiary/aromatic N) is 5. The van der Waals surface area contributed by atoms with E-state index < -0.39 is 0 Å². The van der Waals surface area contributed by atoms with E-state index in [2.05, 4.69) is 67.5 Å². The third kappa shape index (κ3) is 6.43. The molecule has 1 N–H and O–H groups in total. The number of amides is 1. The second-order valence-corrected chi connectivity index (χ2v) is 12.2. The van der Waals surface area contributed by atoms with Gasteiger partial charge in [0, 0.05) is 43.4 Å². The number of hydrogen-bond acceptors (Lipinski definition) is 6. The van der Waals surface area contributed by atoms with Crippen molar-refractivity contribution >= 4 is 28.6 Å². The van der Waals surface area contributed by atoms with Crippen LogP contribution < -0.4 is 10.1 Å². The molecule has 4 rings (SSSR count). The van der Waals surface area contributed by atoms with Crippen LogP contribution >= 0.6 is 0 Å². The number of likely N-dealkylation sites (N-methyl/N-ethyl adjacent to an activating group) is 1. The maximum Gasteiger partial charge on any atom is 0.270 e. The van der Waals surface area contributed by atoms with Crippen molar-refractivity contribution in [2.24, 2.45) is 11.8 Å². The van der Waals surface area contributed by atoms with Crippen molar-refractivity contribution in [1.82, 2.24) is 24.3 Å². The molecule has 218 valence electrons. The standard InChI is InChI=1S/C32H48N6O2/c1-9-32(14-10-15-32)38-27(30(39)36(6)7)20-25-21-33-31(35-29(25)38)34-26-11-12-28(24(5)19-26)40-18-17-37(8)16-13-23(4)22(2)3/h11-12,19-23H,9-10,13-18H2,1-8H3,(H,33,34,35). The highest BCUT2D eigenvalue weighted by Crippen LogP contribution is 2.45. The van der Waals surface area contributed by atoms with E-state index in [1.807, 2.05) is 24.4 Å². The fraction of sp³-hybridized carbons (Fsp3) is 0.594. The third-order valence-corrected chi connectivity index (χ3v) is 8.85. The number of hydrogen-bond donors (Lipinski definition) is 1. The molecule has 1 aliphatic rings. The van der Waals surface area contributed by atoms with Crippen LogP contribution in [0.25, 0.3) is 11.0 Å². The zero-order chi connectivity index (χ0) is 29.0. The van der Waals surface area contributed by atoms with Crippen LogP contribution in [0, 0.1) is 18.8 Å². The van der Waals surface area contributed by atoms with Gasteiger partial charge in [-0.2, -0.15) is 4.98 Å². The number of aryl methyl sites for hydroxylation is 1. The average molecular weight is 549 g/mol. The van der Waals surface area contributed by atoms with Crippen LogP contribution in [0.1, 0.15) is 75.9 Å². The van der Waals surface area contributed by atoms with Gasteiger partial charge in [-0.15, -0.1) is 0 Å². The Kier molecular flexibility index (Phi) is 9.39. The highest BCUT2D eigenvalue weighted by Gasteiger charge is 2.41. The number of aromatic nitrogens is 3. The van der Waals surface area contributed by atoms with Gasteiger partial charge in [0.05, 0.1) is 0 Å². The number of nitrogens with one attached hydrogen (secondary N) is 1. The lowest BCUT2D eigenvalue weighted by Gasteiger charge is -2.44. The second kappa shape index (κ2) is 12.6.